The first-order valence-corrected chi connectivity index (χ1v) is 5.98. The molecule has 3 aromatic rings. The number of nitrogens with two attached hydrogens (primary N) is 1. The number of hydrogen-bond donors (Lipinski definition) is 2. The van der Waals surface area contributed by atoms with Crippen LogP contribution in [0.3, 0.4) is 0 Å². The van der Waals surface area contributed by atoms with Crippen molar-refractivity contribution >= 4 is 5.82 Å². The highest BCUT2D eigenvalue weighted by Gasteiger charge is 2.19. The first-order chi connectivity index (χ1) is 10.1. The van der Waals surface area contributed by atoms with Gasteiger partial charge in [-0.1, -0.05) is 6.07 Å². The summed E-state index contributed by atoms with van der Waals surface area (Å²) in [5.74, 6) is -3.96. The number of halogens is 3. The SMILES string of the molecule is Nc1n[nH]c(-c2cc(F)c(F)c(F)c2)c1-c1ccccn1. The van der Waals surface area contributed by atoms with Gasteiger partial charge in [0.1, 0.15) is 0 Å². The molecule has 0 unspecified atom stereocenters. The number of aromatic nitrogens is 3. The number of nitrogens with zero attached hydrogens (tertiary/aromatic N) is 2. The highest BCUT2D eigenvalue weighted by molar-refractivity contribution is 5.86. The van der Waals surface area contributed by atoms with Crippen molar-refractivity contribution in [1.29, 1.82) is 0 Å². The summed E-state index contributed by atoms with van der Waals surface area (Å²) in [6.07, 6.45) is 1.55. The van der Waals surface area contributed by atoms with Gasteiger partial charge >= 0.3 is 0 Å². The molecule has 0 amide bonds. The quantitative estimate of drug-likeness (QED) is 0.712. The number of rotatable bonds is 2. The molecule has 1 aromatic carbocycles. The number of pyridine rings is 1. The molecule has 2 heterocycles. The number of nitrogen functional groups attached to an aromatic ring is 1. The Kier molecular flexibility index (Phi) is 3.09. The largest absolute Gasteiger partial charge is 0.382 e. The summed E-state index contributed by atoms with van der Waals surface area (Å²) in [6, 6.07) is 6.89. The summed E-state index contributed by atoms with van der Waals surface area (Å²) in [5, 5.41) is 6.42. The fourth-order valence-corrected chi connectivity index (χ4v) is 2.03. The van der Waals surface area contributed by atoms with Crippen molar-refractivity contribution < 1.29 is 13.2 Å². The van der Waals surface area contributed by atoms with Gasteiger partial charge in [-0.2, -0.15) is 5.10 Å². The van der Waals surface area contributed by atoms with Gasteiger partial charge < -0.3 is 5.73 Å². The van der Waals surface area contributed by atoms with Crippen LogP contribution in [0.1, 0.15) is 0 Å². The highest BCUT2D eigenvalue weighted by Crippen LogP contribution is 2.34. The van der Waals surface area contributed by atoms with Crippen LogP contribution in [-0.4, -0.2) is 15.2 Å². The average Bonchev–Trinajstić information content (AvgIpc) is 2.87. The highest BCUT2D eigenvalue weighted by atomic mass is 19.2. The lowest BCUT2D eigenvalue weighted by Crippen LogP contribution is -1.94. The van der Waals surface area contributed by atoms with Crippen LogP contribution in [-0.2, 0) is 0 Å². The maximum atomic E-state index is 13.4. The molecule has 0 atom stereocenters. The van der Waals surface area contributed by atoms with Crippen LogP contribution in [0, 0.1) is 17.5 Å². The minimum absolute atomic E-state index is 0.0938. The van der Waals surface area contributed by atoms with Crippen molar-refractivity contribution in [2.24, 2.45) is 0 Å². The number of aromatic amines is 1. The van der Waals surface area contributed by atoms with Gasteiger partial charge in [0, 0.05) is 11.8 Å². The topological polar surface area (TPSA) is 67.6 Å². The molecule has 0 bridgehead atoms. The Bertz CT molecular complexity index is 776. The molecule has 0 radical (unpaired) electrons. The van der Waals surface area contributed by atoms with Crippen LogP contribution in [0.2, 0.25) is 0 Å². The normalized spacial score (nSPS) is 10.8. The van der Waals surface area contributed by atoms with Crippen molar-refractivity contribution in [1.82, 2.24) is 15.2 Å². The van der Waals surface area contributed by atoms with Gasteiger partial charge in [-0.05, 0) is 24.3 Å². The molecule has 0 aliphatic rings. The Balaban J connectivity index is 2.21. The van der Waals surface area contributed by atoms with Crippen LogP contribution < -0.4 is 5.73 Å². The second kappa shape index (κ2) is 4.93. The van der Waals surface area contributed by atoms with Crippen LogP contribution in [0.15, 0.2) is 36.5 Å². The Morgan fingerprint density at radius 2 is 1.76 bits per heavy atom. The Morgan fingerprint density at radius 1 is 1.05 bits per heavy atom. The lowest BCUT2D eigenvalue weighted by Gasteiger charge is -2.05. The van der Waals surface area contributed by atoms with Crippen LogP contribution in [0.4, 0.5) is 19.0 Å². The predicted molar refractivity (Wildman–Crippen MR) is 71.5 cm³/mol. The molecule has 7 heteroatoms. The second-order valence-electron chi connectivity index (χ2n) is 4.33. The molecular weight excluding hydrogens is 281 g/mol. The number of anilines is 1. The molecule has 106 valence electrons. The summed E-state index contributed by atoms with van der Waals surface area (Å²) in [6.45, 7) is 0. The minimum atomic E-state index is -1.52. The monoisotopic (exact) mass is 290 g/mol. The molecule has 3 N–H and O–H groups in total. The molecule has 2 aromatic heterocycles. The fourth-order valence-electron chi connectivity index (χ4n) is 2.03. The number of hydrogen-bond acceptors (Lipinski definition) is 3. The van der Waals surface area contributed by atoms with Gasteiger partial charge in [0.2, 0.25) is 0 Å². The summed E-state index contributed by atoms with van der Waals surface area (Å²) in [5.41, 5.74) is 7.03. The molecule has 4 nitrogen and oxygen atoms in total. The van der Waals surface area contributed by atoms with Crippen molar-refractivity contribution in [2.45, 2.75) is 0 Å². The first kappa shape index (κ1) is 13.2. The van der Waals surface area contributed by atoms with E-state index in [4.69, 9.17) is 5.73 Å². The van der Waals surface area contributed by atoms with E-state index in [1.54, 1.807) is 24.4 Å². The number of nitrogens with one attached hydrogen (secondary N) is 1. The Labute approximate surface area is 117 Å². The van der Waals surface area contributed by atoms with Gasteiger partial charge in [-0.15, -0.1) is 0 Å². The smallest absolute Gasteiger partial charge is 0.194 e. The summed E-state index contributed by atoms with van der Waals surface area (Å²) in [7, 11) is 0. The molecule has 0 aliphatic carbocycles. The standard InChI is InChI=1S/C14H9F3N4/c15-8-5-7(6-9(16)12(8)17)13-11(14(18)21-20-13)10-3-1-2-4-19-10/h1-6H,(H3,18,20,21). The van der Waals surface area contributed by atoms with Gasteiger partial charge in [0.15, 0.2) is 23.3 Å². The molecule has 0 fully saturated rings. The number of H-pyrrole nitrogens is 1. The van der Waals surface area contributed by atoms with Gasteiger partial charge in [0.25, 0.3) is 0 Å². The first-order valence-electron chi connectivity index (χ1n) is 5.98. The molecule has 0 spiro atoms. The Hall–Kier alpha value is -2.83. The fraction of sp³-hybridized carbons (Fsp3) is 0. The van der Waals surface area contributed by atoms with Crippen LogP contribution >= 0.6 is 0 Å². The van der Waals surface area contributed by atoms with Gasteiger partial charge in [-0.25, -0.2) is 13.2 Å². The van der Waals surface area contributed by atoms with E-state index in [0.29, 0.717) is 11.3 Å². The molecular formula is C14H9F3N4. The van der Waals surface area contributed by atoms with Crippen molar-refractivity contribution in [3.05, 3.63) is 54.0 Å². The lowest BCUT2D eigenvalue weighted by atomic mass is 10.0. The van der Waals surface area contributed by atoms with Crippen LogP contribution in [0.25, 0.3) is 22.5 Å². The molecule has 0 saturated heterocycles. The van der Waals surface area contributed by atoms with Crippen LogP contribution in [0.5, 0.6) is 0 Å². The van der Waals surface area contributed by atoms with E-state index in [1.165, 1.54) is 0 Å². The van der Waals surface area contributed by atoms with Gasteiger partial charge in [0.05, 0.1) is 17.0 Å². The van der Waals surface area contributed by atoms with E-state index in [9.17, 15) is 13.2 Å². The van der Waals surface area contributed by atoms with E-state index in [1.807, 2.05) is 0 Å². The van der Waals surface area contributed by atoms with E-state index >= 15 is 0 Å². The van der Waals surface area contributed by atoms with Crippen molar-refractivity contribution in [3.63, 3.8) is 0 Å². The maximum Gasteiger partial charge on any atom is 0.194 e. The Morgan fingerprint density at radius 3 is 2.38 bits per heavy atom. The number of benzene rings is 1. The zero-order valence-corrected chi connectivity index (χ0v) is 10.6. The zero-order chi connectivity index (χ0) is 15.0. The van der Waals surface area contributed by atoms with Crippen molar-refractivity contribution in [2.75, 3.05) is 5.73 Å². The average molecular weight is 290 g/mol. The van der Waals surface area contributed by atoms with Crippen molar-refractivity contribution in [3.8, 4) is 22.5 Å². The molecule has 0 saturated carbocycles. The van der Waals surface area contributed by atoms with E-state index in [2.05, 4.69) is 15.2 Å². The van der Waals surface area contributed by atoms with E-state index in [0.717, 1.165) is 12.1 Å². The van der Waals surface area contributed by atoms with E-state index < -0.39 is 17.5 Å². The van der Waals surface area contributed by atoms with Gasteiger partial charge in [-0.3, -0.25) is 10.1 Å². The summed E-state index contributed by atoms with van der Waals surface area (Å²) < 4.78 is 39.8. The summed E-state index contributed by atoms with van der Waals surface area (Å²) >= 11 is 0. The second-order valence-corrected chi connectivity index (χ2v) is 4.33. The summed E-state index contributed by atoms with van der Waals surface area (Å²) in [4.78, 5) is 4.13. The molecule has 0 aliphatic heterocycles. The predicted octanol–water partition coefficient (Wildman–Crippen LogP) is 3.14. The third-order valence-electron chi connectivity index (χ3n) is 2.99. The maximum absolute atomic E-state index is 13.4. The molecule has 21 heavy (non-hydrogen) atoms. The zero-order valence-electron chi connectivity index (χ0n) is 10.6. The third kappa shape index (κ3) is 2.22. The minimum Gasteiger partial charge on any atom is -0.382 e. The lowest BCUT2D eigenvalue weighted by molar-refractivity contribution is 0.447. The van der Waals surface area contributed by atoms with E-state index in [-0.39, 0.29) is 17.1 Å². The molecule has 3 rings (SSSR count). The third-order valence-corrected chi connectivity index (χ3v) is 2.99.